The van der Waals surface area contributed by atoms with Crippen LogP contribution < -0.4 is 0 Å². The van der Waals surface area contributed by atoms with Crippen molar-refractivity contribution in [2.75, 3.05) is 79.5 Å². The molecule has 26 heavy (non-hydrogen) atoms. The minimum atomic E-state index is -0.799. The van der Waals surface area contributed by atoms with Crippen LogP contribution in [0.2, 0.25) is 0 Å². The van der Waals surface area contributed by atoms with E-state index in [4.69, 9.17) is 5.11 Å². The third-order valence-corrected chi connectivity index (χ3v) is 4.75. The number of hydrogen-bond acceptors (Lipinski definition) is 6. The van der Waals surface area contributed by atoms with E-state index in [1.165, 1.54) is 0 Å². The van der Waals surface area contributed by atoms with E-state index in [1.54, 1.807) is 0 Å². The van der Waals surface area contributed by atoms with Gasteiger partial charge in [0.25, 0.3) is 0 Å². The van der Waals surface area contributed by atoms with E-state index in [2.05, 4.69) is 28.8 Å². The van der Waals surface area contributed by atoms with Crippen LogP contribution in [0, 0.1) is 5.41 Å². The molecule has 1 heterocycles. The fourth-order valence-corrected chi connectivity index (χ4v) is 2.64. The van der Waals surface area contributed by atoms with Crippen LogP contribution in [-0.2, 0) is 42.3 Å². The number of carboxylic acid groups (broad SMARTS) is 1. The first-order valence-electron chi connectivity index (χ1n) is 9.15. The minimum absolute atomic E-state index is 0. The molecule has 8 heteroatoms. The molecule has 0 bridgehead atoms. The third-order valence-electron chi connectivity index (χ3n) is 4.75. The molecule has 0 aromatic carbocycles. The number of Topliss-reactive ketones (excluding diaryl/α,β-unsaturated/α-hetero) is 1. The maximum absolute atomic E-state index is 12.4. The molecule has 0 saturated carbocycles. The van der Waals surface area contributed by atoms with Gasteiger partial charge in [0.1, 0.15) is 0 Å². The van der Waals surface area contributed by atoms with Gasteiger partial charge in [-0.05, 0) is 14.1 Å². The molecule has 1 aliphatic heterocycles. The molecular weight excluding hydrogens is 409 g/mol. The number of ketones is 1. The first kappa shape index (κ1) is 26.1. The van der Waals surface area contributed by atoms with E-state index >= 15 is 0 Å². The number of hydrogen-bond donors (Lipinski definition) is 1. The molecule has 0 spiro atoms. The van der Waals surface area contributed by atoms with Crippen molar-refractivity contribution in [3.8, 4) is 0 Å². The van der Waals surface area contributed by atoms with Crippen LogP contribution in [0.1, 0.15) is 20.8 Å². The van der Waals surface area contributed by atoms with E-state index in [0.717, 1.165) is 39.3 Å². The second-order valence-electron chi connectivity index (χ2n) is 8.23. The Balaban J connectivity index is 0.00000625. The van der Waals surface area contributed by atoms with Crippen molar-refractivity contribution in [2.45, 2.75) is 20.8 Å². The zero-order valence-electron chi connectivity index (χ0n) is 17.2. The number of carbonyl (C=O) groups is 2. The number of aliphatic carboxylic acids is 1. The summed E-state index contributed by atoms with van der Waals surface area (Å²) in [7, 11) is 4.19. The molecule has 1 rings (SSSR count). The van der Waals surface area contributed by atoms with Gasteiger partial charge in [0, 0.05) is 90.5 Å². The van der Waals surface area contributed by atoms with E-state index in [0.29, 0.717) is 19.6 Å². The predicted octanol–water partition coefficient (Wildman–Crippen LogP) is 0.165. The zero-order valence-corrected chi connectivity index (χ0v) is 20.0. The maximum Gasteiger partial charge on any atom is 0.317 e. The summed E-state index contributed by atoms with van der Waals surface area (Å²) >= 11 is 0. The second-order valence-corrected chi connectivity index (χ2v) is 8.23. The SMILES string of the molecule is CN1CCN(C)CCN(CC(=O)C(C)(C)C)CCN(CC(=O)O)CC1.[Y]. The van der Waals surface area contributed by atoms with Crippen LogP contribution in [0.4, 0.5) is 0 Å². The molecule has 1 saturated heterocycles. The fraction of sp³-hybridized carbons (Fsp3) is 0.889. The van der Waals surface area contributed by atoms with Gasteiger partial charge in [-0.15, -0.1) is 0 Å². The third kappa shape index (κ3) is 11.0. The second kappa shape index (κ2) is 12.5. The van der Waals surface area contributed by atoms with E-state index in [9.17, 15) is 9.59 Å². The average molecular weight is 445 g/mol. The molecule has 149 valence electrons. The summed E-state index contributed by atoms with van der Waals surface area (Å²) in [4.78, 5) is 32.2. The molecule has 0 aliphatic carbocycles. The summed E-state index contributed by atoms with van der Waals surface area (Å²) < 4.78 is 0. The Kier molecular flexibility index (Phi) is 12.6. The summed E-state index contributed by atoms with van der Waals surface area (Å²) in [5, 5.41) is 9.14. The Labute approximate surface area is 183 Å². The van der Waals surface area contributed by atoms with Crippen LogP contribution in [-0.4, -0.2) is 116 Å². The van der Waals surface area contributed by atoms with Crippen molar-refractivity contribution in [1.29, 1.82) is 0 Å². The Morgan fingerprint density at radius 2 is 1.12 bits per heavy atom. The average Bonchev–Trinajstić information content (AvgIpc) is 2.49. The minimum Gasteiger partial charge on any atom is -0.480 e. The van der Waals surface area contributed by atoms with E-state index in [1.807, 2.05) is 25.7 Å². The molecule has 0 atom stereocenters. The topological polar surface area (TPSA) is 67.3 Å². The van der Waals surface area contributed by atoms with Crippen LogP contribution in [0.3, 0.4) is 0 Å². The van der Waals surface area contributed by atoms with Gasteiger partial charge in [-0.1, -0.05) is 20.8 Å². The van der Waals surface area contributed by atoms with Crippen molar-refractivity contribution in [3.63, 3.8) is 0 Å². The van der Waals surface area contributed by atoms with Crippen LogP contribution in [0.25, 0.3) is 0 Å². The number of carbonyl (C=O) groups excluding carboxylic acids is 1. The van der Waals surface area contributed by atoms with Crippen molar-refractivity contribution in [2.24, 2.45) is 5.41 Å². The van der Waals surface area contributed by atoms with Crippen molar-refractivity contribution < 1.29 is 47.4 Å². The predicted molar refractivity (Wildman–Crippen MR) is 100.0 cm³/mol. The quantitative estimate of drug-likeness (QED) is 0.662. The Hall–Kier alpha value is 0.0839. The fourth-order valence-electron chi connectivity index (χ4n) is 2.64. The number of nitrogens with zero attached hydrogens (tertiary/aromatic N) is 4. The molecule has 1 fully saturated rings. The smallest absolute Gasteiger partial charge is 0.317 e. The molecule has 0 aromatic heterocycles. The standard InChI is InChI=1S/C18H36N4O3.Y/c1-18(2,3)16(23)14-21-10-8-19(4)6-7-20(5)9-11-22(13-12-21)15-17(24)25;/h6-15H2,1-5H3,(H,24,25);. The van der Waals surface area contributed by atoms with Gasteiger partial charge in [0.15, 0.2) is 5.78 Å². The van der Waals surface area contributed by atoms with Gasteiger partial charge in [-0.2, -0.15) is 0 Å². The van der Waals surface area contributed by atoms with Gasteiger partial charge in [0.2, 0.25) is 0 Å². The van der Waals surface area contributed by atoms with Crippen molar-refractivity contribution in [3.05, 3.63) is 0 Å². The maximum atomic E-state index is 12.4. The largest absolute Gasteiger partial charge is 0.480 e. The summed E-state index contributed by atoms with van der Waals surface area (Å²) in [6, 6.07) is 0. The zero-order chi connectivity index (χ0) is 19.0. The van der Waals surface area contributed by atoms with Gasteiger partial charge >= 0.3 is 5.97 Å². The summed E-state index contributed by atoms with van der Waals surface area (Å²) in [6.45, 7) is 12.9. The van der Waals surface area contributed by atoms with E-state index in [-0.39, 0.29) is 50.5 Å². The van der Waals surface area contributed by atoms with Gasteiger partial charge in [0.05, 0.1) is 13.1 Å². The number of carboxylic acids is 1. The van der Waals surface area contributed by atoms with Crippen LogP contribution in [0.5, 0.6) is 0 Å². The molecule has 0 amide bonds. The molecular formula is C18H36N4O3Y. The Morgan fingerprint density at radius 1 is 0.769 bits per heavy atom. The van der Waals surface area contributed by atoms with Gasteiger partial charge in [-0.25, -0.2) is 0 Å². The number of likely N-dealkylation sites (N-methyl/N-ethyl adjacent to an activating group) is 2. The van der Waals surface area contributed by atoms with Gasteiger partial charge < -0.3 is 14.9 Å². The normalized spacial score (nSPS) is 20.7. The van der Waals surface area contributed by atoms with Gasteiger partial charge in [-0.3, -0.25) is 19.4 Å². The Morgan fingerprint density at radius 3 is 1.50 bits per heavy atom. The summed E-state index contributed by atoms with van der Waals surface area (Å²) in [5.41, 5.74) is -0.348. The molecule has 0 unspecified atom stereocenters. The van der Waals surface area contributed by atoms with Crippen molar-refractivity contribution in [1.82, 2.24) is 19.6 Å². The van der Waals surface area contributed by atoms with Crippen LogP contribution >= 0.6 is 0 Å². The molecule has 0 aromatic rings. The molecule has 1 aliphatic rings. The monoisotopic (exact) mass is 445 g/mol. The molecule has 1 N–H and O–H groups in total. The summed E-state index contributed by atoms with van der Waals surface area (Å²) in [6.07, 6.45) is 0. The molecule has 1 radical (unpaired) electrons. The number of rotatable bonds is 4. The Bertz CT molecular complexity index is 443. The van der Waals surface area contributed by atoms with Crippen LogP contribution in [0.15, 0.2) is 0 Å². The van der Waals surface area contributed by atoms with Crippen molar-refractivity contribution >= 4 is 11.8 Å². The van der Waals surface area contributed by atoms with E-state index < -0.39 is 5.97 Å². The first-order valence-corrected chi connectivity index (χ1v) is 9.15. The first-order chi connectivity index (χ1) is 11.6. The molecule has 7 nitrogen and oxygen atoms in total. The summed E-state index contributed by atoms with van der Waals surface area (Å²) in [5.74, 6) is -0.571.